The summed E-state index contributed by atoms with van der Waals surface area (Å²) in [5.74, 6) is 0.786. The third kappa shape index (κ3) is 7.16. The molecule has 0 amide bonds. The third-order valence-corrected chi connectivity index (χ3v) is 5.97. The van der Waals surface area contributed by atoms with Gasteiger partial charge in [0.25, 0.3) is 0 Å². The molecular formula is C27H34IN3O2. The van der Waals surface area contributed by atoms with Crippen molar-refractivity contribution in [1.29, 1.82) is 0 Å². The van der Waals surface area contributed by atoms with Crippen molar-refractivity contribution in [1.82, 2.24) is 10.6 Å². The first-order valence-corrected chi connectivity index (χ1v) is 11.4. The molecule has 0 spiro atoms. The number of rotatable bonds is 7. The highest BCUT2D eigenvalue weighted by molar-refractivity contribution is 14.0. The lowest BCUT2D eigenvalue weighted by molar-refractivity contribution is -0.0390. The summed E-state index contributed by atoms with van der Waals surface area (Å²) < 4.78 is 11.5. The second-order valence-corrected chi connectivity index (χ2v) is 8.30. The van der Waals surface area contributed by atoms with E-state index in [1.54, 1.807) is 0 Å². The molecule has 5 nitrogen and oxygen atoms in total. The van der Waals surface area contributed by atoms with E-state index >= 15 is 0 Å². The minimum atomic E-state index is 0. The fraction of sp³-hybridized carbons (Fsp3) is 0.370. The predicted molar refractivity (Wildman–Crippen MR) is 146 cm³/mol. The zero-order chi connectivity index (χ0) is 22.2. The first-order valence-electron chi connectivity index (χ1n) is 11.4. The average Bonchev–Trinajstić information content (AvgIpc) is 2.85. The first-order chi connectivity index (χ1) is 15.7. The lowest BCUT2D eigenvalue weighted by atomic mass is 10.00. The van der Waals surface area contributed by atoms with Crippen molar-refractivity contribution in [3.05, 3.63) is 83.4 Å². The summed E-state index contributed by atoms with van der Waals surface area (Å²) in [5, 5.41) is 9.50. The molecule has 1 fully saturated rings. The van der Waals surface area contributed by atoms with Crippen LogP contribution in [0.1, 0.15) is 42.5 Å². The second kappa shape index (κ2) is 12.9. The van der Waals surface area contributed by atoms with Gasteiger partial charge in [0.05, 0.1) is 18.8 Å². The summed E-state index contributed by atoms with van der Waals surface area (Å²) in [6.45, 7) is 5.12. The monoisotopic (exact) mass is 559 g/mol. The van der Waals surface area contributed by atoms with Crippen LogP contribution in [-0.2, 0) is 22.6 Å². The maximum absolute atomic E-state index is 6.07. The zero-order valence-electron chi connectivity index (χ0n) is 19.4. The van der Waals surface area contributed by atoms with Gasteiger partial charge in [-0.15, -0.1) is 24.0 Å². The van der Waals surface area contributed by atoms with Gasteiger partial charge >= 0.3 is 0 Å². The van der Waals surface area contributed by atoms with Gasteiger partial charge in [-0.2, -0.15) is 0 Å². The molecule has 1 aliphatic rings. The standard InChI is InChI=1S/C27H33N3O2.HI/c1-20(25-12-6-10-23-9-3-4-11-26(23)25)30-27(28-2)29-18-21-7-5-8-22(17-21)19-32-24-13-15-31-16-14-24;/h3-12,17,20,24H,13-16,18-19H2,1-2H3,(H2,28,29,30);1H. The van der Waals surface area contributed by atoms with Gasteiger partial charge in [-0.3, -0.25) is 4.99 Å². The van der Waals surface area contributed by atoms with E-state index in [1.165, 1.54) is 27.5 Å². The topological polar surface area (TPSA) is 54.9 Å². The van der Waals surface area contributed by atoms with Crippen molar-refractivity contribution < 1.29 is 9.47 Å². The molecule has 1 heterocycles. The maximum atomic E-state index is 6.07. The Morgan fingerprint density at radius 2 is 1.76 bits per heavy atom. The molecule has 1 aliphatic heterocycles. The average molecular weight is 559 g/mol. The number of hydrogen-bond donors (Lipinski definition) is 2. The molecule has 1 unspecified atom stereocenters. The number of benzene rings is 3. The Bertz CT molecular complexity index is 1040. The van der Waals surface area contributed by atoms with Gasteiger partial charge in [0.2, 0.25) is 0 Å². The molecule has 6 heteroatoms. The number of nitrogens with one attached hydrogen (secondary N) is 2. The zero-order valence-corrected chi connectivity index (χ0v) is 21.8. The fourth-order valence-corrected chi connectivity index (χ4v) is 4.18. The number of hydrogen-bond acceptors (Lipinski definition) is 3. The summed E-state index contributed by atoms with van der Waals surface area (Å²) in [7, 11) is 1.81. The Kier molecular flexibility index (Phi) is 9.96. The molecule has 176 valence electrons. The van der Waals surface area contributed by atoms with E-state index in [1.807, 2.05) is 7.05 Å². The maximum Gasteiger partial charge on any atom is 0.191 e. The molecule has 0 aromatic heterocycles. The van der Waals surface area contributed by atoms with Crippen LogP contribution in [0.3, 0.4) is 0 Å². The van der Waals surface area contributed by atoms with Crippen LogP contribution >= 0.6 is 24.0 Å². The van der Waals surface area contributed by atoms with Gasteiger partial charge in [-0.25, -0.2) is 0 Å². The highest BCUT2D eigenvalue weighted by Gasteiger charge is 2.14. The van der Waals surface area contributed by atoms with E-state index in [-0.39, 0.29) is 30.0 Å². The number of ether oxygens (including phenoxy) is 2. The molecule has 3 aromatic rings. The Balaban J connectivity index is 0.00000306. The predicted octanol–water partition coefficient (Wildman–Crippen LogP) is 5.58. The smallest absolute Gasteiger partial charge is 0.191 e. The highest BCUT2D eigenvalue weighted by Crippen LogP contribution is 2.24. The van der Waals surface area contributed by atoms with Crippen molar-refractivity contribution in [3.8, 4) is 0 Å². The Morgan fingerprint density at radius 1 is 1.03 bits per heavy atom. The molecule has 2 N–H and O–H groups in total. The lowest BCUT2D eigenvalue weighted by Gasteiger charge is -2.22. The summed E-state index contributed by atoms with van der Waals surface area (Å²) in [6.07, 6.45) is 2.28. The number of halogens is 1. The third-order valence-electron chi connectivity index (χ3n) is 5.97. The molecular weight excluding hydrogens is 525 g/mol. The minimum Gasteiger partial charge on any atom is -0.381 e. The van der Waals surface area contributed by atoms with Crippen LogP contribution in [0.5, 0.6) is 0 Å². The SMILES string of the molecule is CN=C(NCc1cccc(COC2CCOCC2)c1)NC(C)c1cccc2ccccc12.I. The Hall–Kier alpha value is -2.16. The van der Waals surface area contributed by atoms with Crippen molar-refractivity contribution in [2.24, 2.45) is 4.99 Å². The van der Waals surface area contributed by atoms with Crippen molar-refractivity contribution >= 4 is 40.7 Å². The number of nitrogens with zero attached hydrogens (tertiary/aromatic N) is 1. The van der Waals surface area contributed by atoms with Gasteiger partial charge in [0.15, 0.2) is 5.96 Å². The summed E-state index contributed by atoms with van der Waals surface area (Å²) in [5.41, 5.74) is 3.67. The number of fused-ring (bicyclic) bond motifs is 1. The molecule has 3 aromatic carbocycles. The summed E-state index contributed by atoms with van der Waals surface area (Å²) >= 11 is 0. The van der Waals surface area contributed by atoms with Gasteiger partial charge in [0.1, 0.15) is 0 Å². The van der Waals surface area contributed by atoms with Crippen molar-refractivity contribution in [2.45, 2.75) is 45.1 Å². The van der Waals surface area contributed by atoms with Crippen LogP contribution in [0.4, 0.5) is 0 Å². The minimum absolute atomic E-state index is 0. The van der Waals surface area contributed by atoms with Crippen LogP contribution in [0, 0.1) is 0 Å². The van der Waals surface area contributed by atoms with Gasteiger partial charge in [0, 0.05) is 26.8 Å². The molecule has 0 bridgehead atoms. The molecule has 33 heavy (non-hydrogen) atoms. The second-order valence-electron chi connectivity index (χ2n) is 8.30. The highest BCUT2D eigenvalue weighted by atomic mass is 127. The van der Waals surface area contributed by atoms with E-state index in [2.05, 4.69) is 89.3 Å². The molecule has 0 radical (unpaired) electrons. The molecule has 0 saturated carbocycles. The quantitative estimate of drug-likeness (QED) is 0.226. The van der Waals surface area contributed by atoms with Gasteiger partial charge in [-0.1, -0.05) is 66.7 Å². The summed E-state index contributed by atoms with van der Waals surface area (Å²) in [4.78, 5) is 4.43. The van der Waals surface area contributed by atoms with E-state index in [0.29, 0.717) is 19.3 Å². The lowest BCUT2D eigenvalue weighted by Crippen LogP contribution is -2.38. The van der Waals surface area contributed by atoms with Crippen LogP contribution in [-0.4, -0.2) is 32.3 Å². The number of guanidine groups is 1. The molecule has 1 atom stereocenters. The summed E-state index contributed by atoms with van der Waals surface area (Å²) in [6, 6.07) is 23.6. The van der Waals surface area contributed by atoms with E-state index in [0.717, 1.165) is 32.0 Å². The Morgan fingerprint density at radius 3 is 2.58 bits per heavy atom. The van der Waals surface area contributed by atoms with Crippen LogP contribution in [0.15, 0.2) is 71.7 Å². The van der Waals surface area contributed by atoms with Crippen molar-refractivity contribution in [3.63, 3.8) is 0 Å². The van der Waals surface area contributed by atoms with Crippen LogP contribution in [0.2, 0.25) is 0 Å². The van der Waals surface area contributed by atoms with E-state index < -0.39 is 0 Å². The Labute approximate surface area is 214 Å². The van der Waals surface area contributed by atoms with Crippen molar-refractivity contribution in [2.75, 3.05) is 20.3 Å². The van der Waals surface area contributed by atoms with E-state index in [9.17, 15) is 0 Å². The fourth-order valence-electron chi connectivity index (χ4n) is 4.18. The molecule has 4 rings (SSSR count). The normalized spacial score (nSPS) is 15.6. The van der Waals surface area contributed by atoms with E-state index in [4.69, 9.17) is 9.47 Å². The van der Waals surface area contributed by atoms with Crippen LogP contribution < -0.4 is 10.6 Å². The molecule has 1 saturated heterocycles. The molecule has 0 aliphatic carbocycles. The van der Waals surface area contributed by atoms with Gasteiger partial charge < -0.3 is 20.1 Å². The largest absolute Gasteiger partial charge is 0.381 e. The first kappa shape index (κ1) is 25.5. The number of aliphatic imine (C=N–C) groups is 1. The van der Waals surface area contributed by atoms with Gasteiger partial charge in [-0.05, 0) is 47.2 Å². The van der Waals surface area contributed by atoms with Crippen LogP contribution in [0.25, 0.3) is 10.8 Å².